The Morgan fingerprint density at radius 2 is 2.37 bits per heavy atom. The Kier molecular flexibility index (Phi) is 3.91. The van der Waals surface area contributed by atoms with Gasteiger partial charge in [0, 0.05) is 31.9 Å². The van der Waals surface area contributed by atoms with Crippen molar-refractivity contribution in [1.29, 1.82) is 0 Å². The van der Waals surface area contributed by atoms with E-state index in [9.17, 15) is 0 Å². The molecule has 0 amide bonds. The Hall–Kier alpha value is -0.840. The minimum absolute atomic E-state index is 0.239. The molecule has 19 heavy (non-hydrogen) atoms. The van der Waals surface area contributed by atoms with Crippen LogP contribution in [0.15, 0.2) is 12.3 Å². The number of nitrogens with one attached hydrogen (secondary N) is 1. The van der Waals surface area contributed by atoms with Gasteiger partial charge in [0.15, 0.2) is 0 Å². The lowest BCUT2D eigenvalue weighted by molar-refractivity contribution is 0.0529. The summed E-state index contributed by atoms with van der Waals surface area (Å²) in [5, 5.41) is 4.21. The SMILES string of the molecule is CC1CN(c2ncc(CNC3CC3)cc2Cl)CCO1. The Bertz CT molecular complexity index is 450. The molecule has 5 heteroatoms. The molecule has 0 spiro atoms. The van der Waals surface area contributed by atoms with E-state index in [1.165, 1.54) is 12.8 Å². The predicted molar refractivity (Wildman–Crippen MR) is 76.7 cm³/mol. The van der Waals surface area contributed by atoms with Crippen molar-refractivity contribution in [3.8, 4) is 0 Å². The van der Waals surface area contributed by atoms with Crippen LogP contribution in [0.5, 0.6) is 0 Å². The van der Waals surface area contributed by atoms with Crippen LogP contribution in [0.4, 0.5) is 5.82 Å². The van der Waals surface area contributed by atoms with Crippen LogP contribution in [-0.4, -0.2) is 36.8 Å². The highest BCUT2D eigenvalue weighted by molar-refractivity contribution is 6.33. The number of rotatable bonds is 4. The lowest BCUT2D eigenvalue weighted by Crippen LogP contribution is -2.41. The molecule has 1 aromatic heterocycles. The fourth-order valence-corrected chi connectivity index (χ4v) is 2.67. The zero-order chi connectivity index (χ0) is 13.2. The highest BCUT2D eigenvalue weighted by Gasteiger charge is 2.22. The molecule has 2 heterocycles. The minimum Gasteiger partial charge on any atom is -0.375 e. The van der Waals surface area contributed by atoms with Crippen LogP contribution < -0.4 is 10.2 Å². The van der Waals surface area contributed by atoms with Gasteiger partial charge in [-0.3, -0.25) is 0 Å². The number of morpholine rings is 1. The zero-order valence-electron chi connectivity index (χ0n) is 11.2. The normalized spacial score (nSPS) is 23.7. The van der Waals surface area contributed by atoms with Crippen molar-refractivity contribution in [1.82, 2.24) is 10.3 Å². The number of halogens is 1. The lowest BCUT2D eigenvalue weighted by Gasteiger charge is -2.32. The van der Waals surface area contributed by atoms with E-state index in [1.807, 2.05) is 12.3 Å². The van der Waals surface area contributed by atoms with Crippen LogP contribution in [0.1, 0.15) is 25.3 Å². The van der Waals surface area contributed by atoms with Crippen LogP contribution in [-0.2, 0) is 11.3 Å². The van der Waals surface area contributed by atoms with Crippen molar-refractivity contribution >= 4 is 17.4 Å². The highest BCUT2D eigenvalue weighted by Crippen LogP contribution is 2.26. The van der Waals surface area contributed by atoms with Crippen molar-refractivity contribution < 1.29 is 4.74 Å². The first-order valence-electron chi connectivity index (χ1n) is 6.97. The van der Waals surface area contributed by atoms with Gasteiger partial charge in [-0.1, -0.05) is 11.6 Å². The van der Waals surface area contributed by atoms with Crippen LogP contribution in [0, 0.1) is 0 Å². The van der Waals surface area contributed by atoms with E-state index in [0.717, 1.165) is 42.6 Å². The molecular formula is C14H20ClN3O. The summed E-state index contributed by atoms with van der Waals surface area (Å²) in [6.07, 6.45) is 4.76. The topological polar surface area (TPSA) is 37.4 Å². The Labute approximate surface area is 119 Å². The number of hydrogen-bond acceptors (Lipinski definition) is 4. The van der Waals surface area contributed by atoms with Gasteiger partial charge in [0.2, 0.25) is 0 Å². The third kappa shape index (κ3) is 3.38. The third-order valence-corrected chi connectivity index (χ3v) is 3.87. The number of hydrogen-bond donors (Lipinski definition) is 1. The van der Waals surface area contributed by atoms with Gasteiger partial charge in [-0.05, 0) is 31.4 Å². The van der Waals surface area contributed by atoms with Crippen LogP contribution in [0.25, 0.3) is 0 Å². The molecule has 0 radical (unpaired) electrons. The molecule has 0 aromatic carbocycles. The van der Waals surface area contributed by atoms with Gasteiger partial charge in [-0.15, -0.1) is 0 Å². The maximum Gasteiger partial charge on any atom is 0.147 e. The molecule has 1 atom stereocenters. The van der Waals surface area contributed by atoms with E-state index in [0.29, 0.717) is 6.04 Å². The number of ether oxygens (including phenoxy) is 1. The Morgan fingerprint density at radius 1 is 1.53 bits per heavy atom. The molecule has 104 valence electrons. The summed E-state index contributed by atoms with van der Waals surface area (Å²) in [5.41, 5.74) is 1.15. The summed E-state index contributed by atoms with van der Waals surface area (Å²) in [6.45, 7) is 5.39. The molecule has 2 aliphatic rings. The van der Waals surface area contributed by atoms with Gasteiger partial charge >= 0.3 is 0 Å². The van der Waals surface area contributed by atoms with Gasteiger partial charge in [-0.2, -0.15) is 0 Å². The number of aromatic nitrogens is 1. The van der Waals surface area contributed by atoms with Crippen LogP contribution in [0.2, 0.25) is 5.02 Å². The zero-order valence-corrected chi connectivity index (χ0v) is 12.0. The summed E-state index contributed by atoms with van der Waals surface area (Å²) >= 11 is 6.37. The van der Waals surface area contributed by atoms with Crippen molar-refractivity contribution in [3.05, 3.63) is 22.8 Å². The molecule has 4 nitrogen and oxygen atoms in total. The van der Waals surface area contributed by atoms with Crippen molar-refractivity contribution in [2.45, 2.75) is 38.5 Å². The molecule has 1 saturated heterocycles. The maximum atomic E-state index is 6.37. The largest absolute Gasteiger partial charge is 0.375 e. The average molecular weight is 282 g/mol. The van der Waals surface area contributed by atoms with Gasteiger partial charge < -0.3 is 15.0 Å². The summed E-state index contributed by atoms with van der Waals surface area (Å²) in [4.78, 5) is 6.74. The fraction of sp³-hybridized carbons (Fsp3) is 0.643. The summed E-state index contributed by atoms with van der Waals surface area (Å²) in [7, 11) is 0. The smallest absolute Gasteiger partial charge is 0.147 e. The van der Waals surface area contributed by atoms with Crippen molar-refractivity contribution in [3.63, 3.8) is 0 Å². The highest BCUT2D eigenvalue weighted by atomic mass is 35.5. The molecule has 3 rings (SSSR count). The van der Waals surface area contributed by atoms with Crippen molar-refractivity contribution in [2.75, 3.05) is 24.6 Å². The van der Waals surface area contributed by atoms with Gasteiger partial charge in [0.1, 0.15) is 5.82 Å². The third-order valence-electron chi connectivity index (χ3n) is 3.59. The Balaban J connectivity index is 1.67. The standard InChI is InChI=1S/C14H20ClN3O/c1-10-9-18(4-5-19-10)14-13(15)6-11(8-17-14)7-16-12-2-3-12/h6,8,10,12,16H,2-5,7,9H2,1H3. The second-order valence-corrected chi connectivity index (χ2v) is 5.84. The van der Waals surface area contributed by atoms with E-state index in [2.05, 4.69) is 22.1 Å². The number of nitrogens with zero attached hydrogens (tertiary/aromatic N) is 2. The van der Waals surface area contributed by atoms with Gasteiger partial charge in [-0.25, -0.2) is 4.98 Å². The second-order valence-electron chi connectivity index (χ2n) is 5.43. The first-order chi connectivity index (χ1) is 9.22. The molecule has 1 saturated carbocycles. The quantitative estimate of drug-likeness (QED) is 0.918. The van der Waals surface area contributed by atoms with Gasteiger partial charge in [0.05, 0.1) is 17.7 Å². The van der Waals surface area contributed by atoms with E-state index in [1.54, 1.807) is 0 Å². The first kappa shape index (κ1) is 13.2. The van der Waals surface area contributed by atoms with Crippen LogP contribution >= 0.6 is 11.6 Å². The number of anilines is 1. The van der Waals surface area contributed by atoms with E-state index >= 15 is 0 Å². The van der Waals surface area contributed by atoms with Gasteiger partial charge in [0.25, 0.3) is 0 Å². The number of pyridine rings is 1. The first-order valence-corrected chi connectivity index (χ1v) is 7.34. The molecule has 1 aliphatic carbocycles. The molecule has 1 aliphatic heterocycles. The van der Waals surface area contributed by atoms with E-state index < -0.39 is 0 Å². The maximum absolute atomic E-state index is 6.37. The molecule has 1 aromatic rings. The fourth-order valence-electron chi connectivity index (χ4n) is 2.36. The molecule has 2 fully saturated rings. The summed E-state index contributed by atoms with van der Waals surface area (Å²) in [6, 6.07) is 2.73. The minimum atomic E-state index is 0.239. The molecule has 1 N–H and O–H groups in total. The van der Waals surface area contributed by atoms with Crippen molar-refractivity contribution in [2.24, 2.45) is 0 Å². The molecule has 0 bridgehead atoms. The monoisotopic (exact) mass is 281 g/mol. The lowest BCUT2D eigenvalue weighted by atomic mass is 10.2. The average Bonchev–Trinajstić information content (AvgIpc) is 3.20. The van der Waals surface area contributed by atoms with Crippen LogP contribution in [0.3, 0.4) is 0 Å². The second kappa shape index (κ2) is 5.65. The molecular weight excluding hydrogens is 262 g/mol. The predicted octanol–water partition coefficient (Wildman–Crippen LogP) is 2.21. The van der Waals surface area contributed by atoms with E-state index in [4.69, 9.17) is 16.3 Å². The Morgan fingerprint density at radius 3 is 3.05 bits per heavy atom. The van der Waals surface area contributed by atoms with E-state index in [-0.39, 0.29) is 6.10 Å². The summed E-state index contributed by atoms with van der Waals surface area (Å²) < 4.78 is 5.54. The summed E-state index contributed by atoms with van der Waals surface area (Å²) in [5.74, 6) is 0.881. The molecule has 1 unspecified atom stereocenters.